The highest BCUT2D eigenvalue weighted by atomic mass is 16.4. The Morgan fingerprint density at radius 1 is 1.00 bits per heavy atom. The molecule has 1 aromatic heterocycles. The minimum absolute atomic E-state index is 0.233. The molecular weight excluding hydrogens is 354 g/mol. The summed E-state index contributed by atoms with van der Waals surface area (Å²) in [6, 6.07) is 14.0. The van der Waals surface area contributed by atoms with E-state index >= 15 is 0 Å². The van der Waals surface area contributed by atoms with Crippen LogP contribution in [0.4, 0.5) is 0 Å². The maximum atomic E-state index is 12.1. The number of aromatic carboxylic acids is 2. The zero-order valence-electron chi connectivity index (χ0n) is 15.3. The first kappa shape index (κ1) is 17.9. The van der Waals surface area contributed by atoms with Gasteiger partial charge >= 0.3 is 11.9 Å². The highest BCUT2D eigenvalue weighted by Gasteiger charge is 2.27. The summed E-state index contributed by atoms with van der Waals surface area (Å²) < 4.78 is 0. The molecule has 0 spiro atoms. The Kier molecular flexibility index (Phi) is 4.43. The van der Waals surface area contributed by atoms with Gasteiger partial charge in [-0.25, -0.2) is 14.6 Å². The molecule has 28 heavy (non-hydrogen) atoms. The molecule has 4 rings (SSSR count). The maximum absolute atomic E-state index is 12.1. The molecular formula is C23H19NO4. The van der Waals surface area contributed by atoms with Crippen molar-refractivity contribution in [1.82, 2.24) is 4.98 Å². The molecule has 0 bridgehead atoms. The van der Waals surface area contributed by atoms with Gasteiger partial charge in [0.1, 0.15) is 0 Å². The monoisotopic (exact) mass is 373 g/mol. The molecule has 0 amide bonds. The summed E-state index contributed by atoms with van der Waals surface area (Å²) in [6.45, 7) is 2.10. The first-order valence-corrected chi connectivity index (χ1v) is 9.13. The molecule has 0 fully saturated rings. The molecule has 2 aromatic carbocycles. The lowest BCUT2D eigenvalue weighted by Gasteiger charge is -2.26. The Labute approximate surface area is 162 Å². The molecule has 3 aromatic rings. The van der Waals surface area contributed by atoms with Gasteiger partial charge in [0.15, 0.2) is 0 Å². The third-order valence-electron chi connectivity index (χ3n) is 5.13. The number of benzene rings is 2. The van der Waals surface area contributed by atoms with Crippen LogP contribution >= 0.6 is 0 Å². The average molecular weight is 373 g/mol. The molecule has 140 valence electrons. The number of aromatic nitrogens is 1. The number of carboxylic acid groups (broad SMARTS) is 2. The average Bonchev–Trinajstić information content (AvgIpc) is 2.66. The number of allylic oxidation sites excluding steroid dienone is 1. The van der Waals surface area contributed by atoms with Gasteiger partial charge in [-0.3, -0.25) is 0 Å². The number of rotatable bonds is 3. The van der Waals surface area contributed by atoms with Crippen molar-refractivity contribution in [2.75, 3.05) is 0 Å². The minimum atomic E-state index is -0.963. The van der Waals surface area contributed by atoms with Crippen LogP contribution in [0.15, 0.2) is 48.5 Å². The lowest BCUT2D eigenvalue weighted by Crippen LogP contribution is -2.17. The van der Waals surface area contributed by atoms with Crippen molar-refractivity contribution in [3.8, 4) is 0 Å². The number of carboxylic acids is 2. The number of para-hydroxylation sites is 1. The molecule has 1 heterocycles. The van der Waals surface area contributed by atoms with Crippen molar-refractivity contribution in [1.29, 1.82) is 0 Å². The van der Waals surface area contributed by atoms with Crippen molar-refractivity contribution in [3.05, 3.63) is 76.5 Å². The van der Waals surface area contributed by atoms with Crippen LogP contribution in [0, 0.1) is 5.92 Å². The first-order valence-electron chi connectivity index (χ1n) is 9.13. The van der Waals surface area contributed by atoms with Crippen molar-refractivity contribution < 1.29 is 19.8 Å². The van der Waals surface area contributed by atoms with E-state index in [9.17, 15) is 14.7 Å². The second-order valence-electron chi connectivity index (χ2n) is 7.25. The van der Waals surface area contributed by atoms with E-state index in [1.807, 2.05) is 24.3 Å². The summed E-state index contributed by atoms with van der Waals surface area (Å²) >= 11 is 0. The van der Waals surface area contributed by atoms with E-state index in [0.717, 1.165) is 28.8 Å². The van der Waals surface area contributed by atoms with Crippen LogP contribution in [0.1, 0.15) is 50.9 Å². The third kappa shape index (κ3) is 3.16. The SMILES string of the molecule is CC1C/C(=C\c2ccc(C(=O)O)cc2)c2nc3ccccc3c(C(=O)O)c2C1. The second kappa shape index (κ2) is 6.93. The summed E-state index contributed by atoms with van der Waals surface area (Å²) in [4.78, 5) is 27.9. The minimum Gasteiger partial charge on any atom is -0.478 e. The number of nitrogens with zero attached hydrogens (tertiary/aromatic N) is 1. The molecule has 1 atom stereocenters. The smallest absolute Gasteiger partial charge is 0.336 e. The Morgan fingerprint density at radius 3 is 2.39 bits per heavy atom. The highest BCUT2D eigenvalue weighted by molar-refractivity contribution is 6.06. The zero-order valence-corrected chi connectivity index (χ0v) is 15.3. The number of fused-ring (bicyclic) bond motifs is 2. The highest BCUT2D eigenvalue weighted by Crippen LogP contribution is 2.38. The van der Waals surface area contributed by atoms with E-state index in [1.165, 1.54) is 0 Å². The summed E-state index contributed by atoms with van der Waals surface area (Å²) in [6.07, 6.45) is 3.44. The van der Waals surface area contributed by atoms with Crippen LogP contribution in [-0.4, -0.2) is 27.1 Å². The normalized spacial score (nSPS) is 17.5. The fourth-order valence-corrected chi connectivity index (χ4v) is 3.90. The molecule has 2 N–H and O–H groups in total. The van der Waals surface area contributed by atoms with Gasteiger partial charge in [0.25, 0.3) is 0 Å². The fraction of sp³-hybridized carbons (Fsp3) is 0.174. The van der Waals surface area contributed by atoms with E-state index in [4.69, 9.17) is 10.1 Å². The summed E-state index contributed by atoms with van der Waals surface area (Å²) in [5.41, 5.74) is 4.59. The van der Waals surface area contributed by atoms with E-state index < -0.39 is 11.9 Å². The molecule has 0 saturated carbocycles. The van der Waals surface area contributed by atoms with E-state index in [1.54, 1.807) is 30.3 Å². The molecule has 1 aliphatic carbocycles. The molecule has 5 heteroatoms. The van der Waals surface area contributed by atoms with Gasteiger partial charge < -0.3 is 10.2 Å². The first-order chi connectivity index (χ1) is 13.4. The Balaban J connectivity index is 1.91. The van der Waals surface area contributed by atoms with Gasteiger partial charge in [-0.05, 0) is 59.7 Å². The quantitative estimate of drug-likeness (QED) is 0.691. The van der Waals surface area contributed by atoms with E-state index in [2.05, 4.69) is 6.92 Å². The molecule has 0 radical (unpaired) electrons. The van der Waals surface area contributed by atoms with Crippen LogP contribution < -0.4 is 0 Å². The van der Waals surface area contributed by atoms with Gasteiger partial charge in [-0.15, -0.1) is 0 Å². The zero-order chi connectivity index (χ0) is 19.8. The maximum Gasteiger partial charge on any atom is 0.336 e. The molecule has 1 aliphatic rings. The van der Waals surface area contributed by atoms with Gasteiger partial charge in [0, 0.05) is 5.39 Å². The summed E-state index contributed by atoms with van der Waals surface area (Å²) in [5.74, 6) is -1.61. The largest absolute Gasteiger partial charge is 0.478 e. The number of hydrogen-bond donors (Lipinski definition) is 2. The molecule has 0 saturated heterocycles. The van der Waals surface area contributed by atoms with Gasteiger partial charge in [-0.2, -0.15) is 0 Å². The Morgan fingerprint density at radius 2 is 1.71 bits per heavy atom. The van der Waals surface area contributed by atoms with Crippen LogP contribution in [0.3, 0.4) is 0 Å². The standard InChI is InChI=1S/C23H19NO4/c1-13-10-16(12-14-6-8-15(9-7-14)22(25)26)21-18(11-13)20(23(27)28)17-4-2-3-5-19(17)24-21/h2-9,12-13H,10-11H2,1H3,(H,25,26)(H,27,28)/b16-12+. The lowest BCUT2D eigenvalue weighted by atomic mass is 9.80. The molecule has 5 nitrogen and oxygen atoms in total. The van der Waals surface area contributed by atoms with E-state index in [0.29, 0.717) is 22.9 Å². The van der Waals surface area contributed by atoms with Crippen LogP contribution in [0.5, 0.6) is 0 Å². The summed E-state index contributed by atoms with van der Waals surface area (Å²) in [7, 11) is 0. The Bertz CT molecular complexity index is 1130. The fourth-order valence-electron chi connectivity index (χ4n) is 3.90. The van der Waals surface area contributed by atoms with Gasteiger partial charge in [-0.1, -0.05) is 37.3 Å². The predicted octanol–water partition coefficient (Wildman–Crippen LogP) is 4.75. The lowest BCUT2D eigenvalue weighted by molar-refractivity contribution is 0.0686. The van der Waals surface area contributed by atoms with E-state index in [-0.39, 0.29) is 11.5 Å². The van der Waals surface area contributed by atoms with Gasteiger partial charge in [0.05, 0.1) is 22.3 Å². The molecule has 1 unspecified atom stereocenters. The number of pyridine rings is 1. The van der Waals surface area contributed by atoms with Crippen LogP contribution in [-0.2, 0) is 6.42 Å². The van der Waals surface area contributed by atoms with Crippen molar-refractivity contribution in [2.45, 2.75) is 19.8 Å². The number of carbonyl (C=O) groups is 2. The third-order valence-corrected chi connectivity index (χ3v) is 5.13. The van der Waals surface area contributed by atoms with Crippen molar-refractivity contribution in [2.24, 2.45) is 5.92 Å². The predicted molar refractivity (Wildman–Crippen MR) is 107 cm³/mol. The van der Waals surface area contributed by atoms with Gasteiger partial charge in [0.2, 0.25) is 0 Å². The summed E-state index contributed by atoms with van der Waals surface area (Å²) in [5, 5.41) is 19.6. The number of hydrogen-bond acceptors (Lipinski definition) is 3. The topological polar surface area (TPSA) is 87.5 Å². The van der Waals surface area contributed by atoms with Crippen molar-refractivity contribution in [3.63, 3.8) is 0 Å². The van der Waals surface area contributed by atoms with Crippen LogP contribution in [0.2, 0.25) is 0 Å². The Hall–Kier alpha value is -3.47. The molecule has 0 aliphatic heterocycles. The van der Waals surface area contributed by atoms with Crippen LogP contribution in [0.25, 0.3) is 22.6 Å². The second-order valence-corrected chi connectivity index (χ2v) is 7.25. The van der Waals surface area contributed by atoms with Crippen molar-refractivity contribution >= 4 is 34.5 Å².